The van der Waals surface area contributed by atoms with Gasteiger partial charge in [0.05, 0.1) is 0 Å². The number of aromatic carboxylic acids is 1. The van der Waals surface area contributed by atoms with Gasteiger partial charge in [0.1, 0.15) is 11.4 Å². The van der Waals surface area contributed by atoms with E-state index in [1.54, 1.807) is 0 Å². The summed E-state index contributed by atoms with van der Waals surface area (Å²) < 4.78 is 49.6. The number of carboxylic acids is 1. The lowest BCUT2D eigenvalue weighted by molar-refractivity contribution is 0.0684. The first kappa shape index (κ1) is 9.50. The Morgan fingerprint density at radius 3 is 2.08 bits per heavy atom. The van der Waals surface area contributed by atoms with Crippen molar-refractivity contribution in [3.05, 3.63) is 34.9 Å². The van der Waals surface area contributed by atoms with Gasteiger partial charge in [-0.3, -0.25) is 0 Å². The SMILES string of the molecule is O=C(O)c1c(F)cc(F)c(F)c1F. The number of benzene rings is 1. The summed E-state index contributed by atoms with van der Waals surface area (Å²) in [5, 5.41) is 8.19. The summed E-state index contributed by atoms with van der Waals surface area (Å²) in [6.45, 7) is 0. The molecule has 0 atom stereocenters. The van der Waals surface area contributed by atoms with Crippen LogP contribution in [0, 0.1) is 23.3 Å². The molecule has 1 rings (SSSR count). The molecule has 0 unspecified atom stereocenters. The molecule has 0 saturated carbocycles. The molecule has 1 aromatic carbocycles. The number of carbonyl (C=O) groups is 1. The molecule has 13 heavy (non-hydrogen) atoms. The lowest BCUT2D eigenvalue weighted by Gasteiger charge is -2.00. The molecule has 6 heteroatoms. The fraction of sp³-hybridized carbons (Fsp3) is 0. The second kappa shape index (κ2) is 3.04. The molecule has 0 aromatic heterocycles. The molecule has 0 amide bonds. The third-order valence-corrected chi connectivity index (χ3v) is 1.33. The lowest BCUT2D eigenvalue weighted by atomic mass is 10.2. The largest absolute Gasteiger partial charge is 0.477 e. The standard InChI is InChI=1S/C7H2F4O2/c8-2-1-3(9)5(10)6(11)4(2)7(12)13/h1H,(H,12,13). The number of rotatable bonds is 1. The molecule has 0 heterocycles. The first-order valence-corrected chi connectivity index (χ1v) is 3.01. The molecule has 1 N–H and O–H groups in total. The minimum absolute atomic E-state index is 0.0259. The fourth-order valence-corrected chi connectivity index (χ4v) is 0.762. The van der Waals surface area contributed by atoms with E-state index in [2.05, 4.69) is 0 Å². The molecule has 0 aliphatic rings. The van der Waals surface area contributed by atoms with Gasteiger partial charge in [-0.25, -0.2) is 22.4 Å². The highest BCUT2D eigenvalue weighted by Gasteiger charge is 2.23. The Bertz CT molecular complexity index is 375. The number of hydrogen-bond donors (Lipinski definition) is 1. The van der Waals surface area contributed by atoms with Crippen molar-refractivity contribution in [1.82, 2.24) is 0 Å². The number of halogens is 4. The van der Waals surface area contributed by atoms with E-state index in [4.69, 9.17) is 5.11 Å². The Hall–Kier alpha value is -1.59. The van der Waals surface area contributed by atoms with E-state index in [0.29, 0.717) is 0 Å². The highest BCUT2D eigenvalue weighted by atomic mass is 19.2. The fourth-order valence-electron chi connectivity index (χ4n) is 0.762. The summed E-state index contributed by atoms with van der Waals surface area (Å²) in [7, 11) is 0. The van der Waals surface area contributed by atoms with Gasteiger partial charge in [0.2, 0.25) is 0 Å². The first-order chi connectivity index (χ1) is 5.95. The predicted molar refractivity (Wildman–Crippen MR) is 33.2 cm³/mol. The third-order valence-electron chi connectivity index (χ3n) is 1.33. The number of hydrogen-bond acceptors (Lipinski definition) is 1. The zero-order valence-electron chi connectivity index (χ0n) is 5.94. The van der Waals surface area contributed by atoms with Crippen molar-refractivity contribution in [3.8, 4) is 0 Å². The Balaban J connectivity index is 3.53. The molecular formula is C7H2F4O2. The van der Waals surface area contributed by atoms with Crippen LogP contribution in [0.15, 0.2) is 6.07 Å². The highest BCUT2D eigenvalue weighted by Crippen LogP contribution is 2.18. The Kier molecular flexibility index (Phi) is 2.22. The molecule has 0 aliphatic carbocycles. The van der Waals surface area contributed by atoms with Crippen molar-refractivity contribution >= 4 is 5.97 Å². The van der Waals surface area contributed by atoms with Gasteiger partial charge in [-0.1, -0.05) is 0 Å². The van der Waals surface area contributed by atoms with E-state index in [1.807, 2.05) is 0 Å². The molecule has 0 bridgehead atoms. The van der Waals surface area contributed by atoms with Crippen molar-refractivity contribution in [1.29, 1.82) is 0 Å². The zero-order chi connectivity index (χ0) is 10.2. The van der Waals surface area contributed by atoms with E-state index in [9.17, 15) is 22.4 Å². The van der Waals surface area contributed by atoms with Crippen LogP contribution in [0.1, 0.15) is 10.4 Å². The van der Waals surface area contributed by atoms with Gasteiger partial charge in [0.25, 0.3) is 0 Å². The Morgan fingerprint density at radius 1 is 1.08 bits per heavy atom. The van der Waals surface area contributed by atoms with Crippen molar-refractivity contribution in [3.63, 3.8) is 0 Å². The summed E-state index contributed by atoms with van der Waals surface area (Å²) >= 11 is 0. The summed E-state index contributed by atoms with van der Waals surface area (Å²) in [5.74, 6) is -9.44. The van der Waals surface area contributed by atoms with Gasteiger partial charge in [0.15, 0.2) is 17.5 Å². The monoisotopic (exact) mass is 194 g/mol. The highest BCUT2D eigenvalue weighted by molar-refractivity contribution is 5.88. The maximum Gasteiger partial charge on any atom is 0.341 e. The van der Waals surface area contributed by atoms with Gasteiger partial charge in [-0.15, -0.1) is 0 Å². The second-order valence-electron chi connectivity index (χ2n) is 2.15. The molecule has 0 fully saturated rings. The summed E-state index contributed by atoms with van der Waals surface area (Å²) in [6, 6.07) is -0.0259. The average Bonchev–Trinajstić information content (AvgIpc) is 1.99. The molecular weight excluding hydrogens is 192 g/mol. The van der Waals surface area contributed by atoms with Crippen molar-refractivity contribution in [2.24, 2.45) is 0 Å². The quantitative estimate of drug-likeness (QED) is 0.421. The van der Waals surface area contributed by atoms with Crippen molar-refractivity contribution in [2.45, 2.75) is 0 Å². The van der Waals surface area contributed by atoms with Crippen LogP contribution in [0.4, 0.5) is 17.6 Å². The molecule has 0 radical (unpaired) electrons. The summed E-state index contributed by atoms with van der Waals surface area (Å²) in [6.07, 6.45) is 0. The van der Waals surface area contributed by atoms with Gasteiger partial charge < -0.3 is 5.11 Å². The minimum atomic E-state index is -2.04. The van der Waals surface area contributed by atoms with Gasteiger partial charge in [0, 0.05) is 6.07 Å². The van der Waals surface area contributed by atoms with E-state index >= 15 is 0 Å². The normalized spacial score (nSPS) is 10.2. The van der Waals surface area contributed by atoms with Crippen LogP contribution in [0.5, 0.6) is 0 Å². The molecule has 2 nitrogen and oxygen atoms in total. The van der Waals surface area contributed by atoms with E-state index in [0.717, 1.165) is 0 Å². The topological polar surface area (TPSA) is 37.3 Å². The minimum Gasteiger partial charge on any atom is -0.477 e. The third kappa shape index (κ3) is 1.47. The molecule has 0 saturated heterocycles. The smallest absolute Gasteiger partial charge is 0.341 e. The molecule has 1 aromatic rings. The summed E-state index contributed by atoms with van der Waals surface area (Å²) in [5.41, 5.74) is -1.50. The predicted octanol–water partition coefficient (Wildman–Crippen LogP) is 1.94. The van der Waals surface area contributed by atoms with Gasteiger partial charge in [-0.2, -0.15) is 0 Å². The molecule has 70 valence electrons. The van der Waals surface area contributed by atoms with Gasteiger partial charge in [-0.05, 0) is 0 Å². The van der Waals surface area contributed by atoms with Crippen LogP contribution in [-0.4, -0.2) is 11.1 Å². The zero-order valence-corrected chi connectivity index (χ0v) is 5.94. The van der Waals surface area contributed by atoms with Crippen molar-refractivity contribution in [2.75, 3.05) is 0 Å². The van der Waals surface area contributed by atoms with E-state index < -0.39 is 34.8 Å². The summed E-state index contributed by atoms with van der Waals surface area (Å²) in [4.78, 5) is 10.1. The number of carboxylic acid groups (broad SMARTS) is 1. The van der Waals surface area contributed by atoms with Crippen molar-refractivity contribution < 1.29 is 27.5 Å². The molecule has 0 aliphatic heterocycles. The Morgan fingerprint density at radius 2 is 1.62 bits per heavy atom. The van der Waals surface area contributed by atoms with E-state index in [-0.39, 0.29) is 6.07 Å². The second-order valence-corrected chi connectivity index (χ2v) is 2.15. The maximum atomic E-state index is 12.5. The van der Waals surface area contributed by atoms with Crippen LogP contribution in [0.2, 0.25) is 0 Å². The van der Waals surface area contributed by atoms with Crippen LogP contribution < -0.4 is 0 Å². The van der Waals surface area contributed by atoms with Crippen LogP contribution in [-0.2, 0) is 0 Å². The molecule has 0 spiro atoms. The maximum absolute atomic E-state index is 12.5. The van der Waals surface area contributed by atoms with Crippen LogP contribution >= 0.6 is 0 Å². The average molecular weight is 194 g/mol. The first-order valence-electron chi connectivity index (χ1n) is 3.01. The van der Waals surface area contributed by atoms with Crippen LogP contribution in [0.25, 0.3) is 0 Å². The Labute approximate surface area is 69.4 Å². The van der Waals surface area contributed by atoms with E-state index in [1.165, 1.54) is 0 Å². The van der Waals surface area contributed by atoms with Crippen LogP contribution in [0.3, 0.4) is 0 Å². The lowest BCUT2D eigenvalue weighted by Crippen LogP contribution is -2.08. The van der Waals surface area contributed by atoms with Gasteiger partial charge >= 0.3 is 5.97 Å².